The van der Waals surface area contributed by atoms with Crippen LogP contribution < -0.4 is 5.73 Å². The number of carbonyl (C=O) groups is 1. The number of benzene rings is 1. The van der Waals surface area contributed by atoms with Gasteiger partial charge in [-0.25, -0.2) is 0 Å². The standard InChI is InChI=1S/C13H16Cl2N2O/c1-3-4-12(16)13(18)17(2)8-9-5-6-10(14)7-11(9)15/h3,5-7,12H,1,4,8,16H2,2H3. The van der Waals surface area contributed by atoms with Crippen molar-refractivity contribution < 1.29 is 4.79 Å². The summed E-state index contributed by atoms with van der Waals surface area (Å²) in [6, 6.07) is 4.64. The Labute approximate surface area is 117 Å². The first-order valence-corrected chi connectivity index (χ1v) is 6.26. The molecule has 2 N–H and O–H groups in total. The third-order valence-electron chi connectivity index (χ3n) is 2.54. The summed E-state index contributed by atoms with van der Waals surface area (Å²) in [7, 11) is 1.69. The van der Waals surface area contributed by atoms with E-state index in [0.717, 1.165) is 5.56 Å². The molecule has 0 aliphatic heterocycles. The van der Waals surface area contributed by atoms with Gasteiger partial charge in [-0.15, -0.1) is 6.58 Å². The van der Waals surface area contributed by atoms with Gasteiger partial charge < -0.3 is 10.6 Å². The SMILES string of the molecule is C=CCC(N)C(=O)N(C)Cc1ccc(Cl)cc1Cl. The molecule has 98 valence electrons. The van der Waals surface area contributed by atoms with Crippen LogP contribution in [0.1, 0.15) is 12.0 Å². The van der Waals surface area contributed by atoms with Crippen LogP contribution in [-0.4, -0.2) is 23.9 Å². The van der Waals surface area contributed by atoms with Crippen LogP contribution in [0, 0.1) is 0 Å². The van der Waals surface area contributed by atoms with Gasteiger partial charge in [0.2, 0.25) is 5.91 Å². The summed E-state index contributed by atoms with van der Waals surface area (Å²) in [5.41, 5.74) is 6.56. The Bertz CT molecular complexity index is 449. The van der Waals surface area contributed by atoms with Crippen LogP contribution in [0.15, 0.2) is 30.9 Å². The monoisotopic (exact) mass is 286 g/mol. The molecule has 1 aromatic rings. The van der Waals surface area contributed by atoms with Crippen molar-refractivity contribution in [2.75, 3.05) is 7.05 Å². The second kappa shape index (κ2) is 6.78. The molecule has 0 saturated carbocycles. The summed E-state index contributed by atoms with van der Waals surface area (Å²) >= 11 is 11.9. The molecular weight excluding hydrogens is 271 g/mol. The van der Waals surface area contributed by atoms with Gasteiger partial charge in [-0.2, -0.15) is 0 Å². The highest BCUT2D eigenvalue weighted by Gasteiger charge is 2.17. The zero-order valence-electron chi connectivity index (χ0n) is 10.2. The van der Waals surface area contributed by atoms with Gasteiger partial charge in [0.1, 0.15) is 0 Å². The number of hydrogen-bond donors (Lipinski definition) is 1. The average Bonchev–Trinajstić information content (AvgIpc) is 2.32. The van der Waals surface area contributed by atoms with Crippen molar-refractivity contribution in [3.63, 3.8) is 0 Å². The lowest BCUT2D eigenvalue weighted by Crippen LogP contribution is -2.41. The fraction of sp³-hybridized carbons (Fsp3) is 0.308. The summed E-state index contributed by atoms with van der Waals surface area (Å²) in [4.78, 5) is 13.4. The van der Waals surface area contributed by atoms with Gasteiger partial charge >= 0.3 is 0 Å². The van der Waals surface area contributed by atoms with Gasteiger partial charge in [0.15, 0.2) is 0 Å². The van der Waals surface area contributed by atoms with Crippen LogP contribution in [0.4, 0.5) is 0 Å². The zero-order valence-corrected chi connectivity index (χ0v) is 11.7. The highest BCUT2D eigenvalue weighted by molar-refractivity contribution is 6.35. The predicted octanol–water partition coefficient (Wildman–Crippen LogP) is 2.86. The summed E-state index contributed by atoms with van der Waals surface area (Å²) < 4.78 is 0. The molecule has 0 aliphatic carbocycles. The van der Waals surface area contributed by atoms with E-state index in [1.54, 1.807) is 36.2 Å². The van der Waals surface area contributed by atoms with Gasteiger partial charge in [0.25, 0.3) is 0 Å². The Morgan fingerprint density at radius 1 is 1.56 bits per heavy atom. The van der Waals surface area contributed by atoms with E-state index in [0.29, 0.717) is 23.0 Å². The van der Waals surface area contributed by atoms with Gasteiger partial charge in [-0.3, -0.25) is 4.79 Å². The molecule has 1 unspecified atom stereocenters. The lowest BCUT2D eigenvalue weighted by Gasteiger charge is -2.21. The van der Waals surface area contributed by atoms with Crippen LogP contribution >= 0.6 is 23.2 Å². The summed E-state index contributed by atoms with van der Waals surface area (Å²) in [6.07, 6.45) is 2.09. The molecule has 1 atom stereocenters. The Hall–Kier alpha value is -1.03. The third kappa shape index (κ3) is 4.02. The molecule has 0 bridgehead atoms. The molecule has 0 aromatic heterocycles. The molecule has 5 heteroatoms. The second-order valence-electron chi connectivity index (χ2n) is 4.06. The molecule has 3 nitrogen and oxygen atoms in total. The predicted molar refractivity (Wildman–Crippen MR) is 75.7 cm³/mol. The number of nitrogens with zero attached hydrogens (tertiary/aromatic N) is 1. The van der Waals surface area contributed by atoms with E-state index in [-0.39, 0.29) is 5.91 Å². The highest BCUT2D eigenvalue weighted by atomic mass is 35.5. The van der Waals surface area contributed by atoms with E-state index in [4.69, 9.17) is 28.9 Å². The topological polar surface area (TPSA) is 46.3 Å². The average molecular weight is 287 g/mol. The minimum atomic E-state index is -0.557. The summed E-state index contributed by atoms with van der Waals surface area (Å²) in [5, 5.41) is 1.11. The van der Waals surface area contributed by atoms with Crippen LogP contribution in [0.3, 0.4) is 0 Å². The normalized spacial score (nSPS) is 12.0. The largest absolute Gasteiger partial charge is 0.340 e. The lowest BCUT2D eigenvalue weighted by atomic mass is 10.1. The maximum atomic E-state index is 11.9. The number of carbonyl (C=O) groups excluding carboxylic acids is 1. The van der Waals surface area contributed by atoms with Gasteiger partial charge in [-0.1, -0.05) is 35.3 Å². The number of amides is 1. The van der Waals surface area contributed by atoms with Crippen LogP contribution in [0.2, 0.25) is 10.0 Å². The molecule has 18 heavy (non-hydrogen) atoms. The maximum Gasteiger partial charge on any atom is 0.239 e. The first-order valence-electron chi connectivity index (χ1n) is 5.51. The minimum Gasteiger partial charge on any atom is -0.340 e. The van der Waals surface area contributed by atoms with E-state index in [1.165, 1.54) is 0 Å². The number of rotatable bonds is 5. The third-order valence-corrected chi connectivity index (χ3v) is 3.12. The van der Waals surface area contributed by atoms with E-state index >= 15 is 0 Å². The Kier molecular flexibility index (Phi) is 5.66. The first-order chi connectivity index (χ1) is 8.45. The zero-order chi connectivity index (χ0) is 13.7. The molecular formula is C13H16Cl2N2O. The van der Waals surface area contributed by atoms with Crippen molar-refractivity contribution in [1.82, 2.24) is 4.90 Å². The molecule has 0 radical (unpaired) electrons. The Morgan fingerprint density at radius 2 is 2.22 bits per heavy atom. The van der Waals surface area contributed by atoms with E-state index in [1.807, 2.05) is 0 Å². The Morgan fingerprint density at radius 3 is 2.78 bits per heavy atom. The van der Waals surface area contributed by atoms with Crippen molar-refractivity contribution in [3.8, 4) is 0 Å². The molecule has 0 fully saturated rings. The fourth-order valence-electron chi connectivity index (χ4n) is 1.55. The summed E-state index contributed by atoms with van der Waals surface area (Å²) in [6.45, 7) is 3.97. The molecule has 1 rings (SSSR count). The quantitative estimate of drug-likeness (QED) is 0.846. The van der Waals surface area contributed by atoms with Gasteiger partial charge in [-0.05, 0) is 24.1 Å². The molecule has 0 aliphatic rings. The van der Waals surface area contributed by atoms with Crippen LogP contribution in [0.5, 0.6) is 0 Å². The van der Waals surface area contributed by atoms with E-state index in [9.17, 15) is 4.79 Å². The maximum absolute atomic E-state index is 11.9. The smallest absolute Gasteiger partial charge is 0.239 e. The molecule has 0 heterocycles. The van der Waals surface area contributed by atoms with Crippen molar-refractivity contribution in [1.29, 1.82) is 0 Å². The fourth-order valence-corrected chi connectivity index (χ4v) is 2.02. The Balaban J connectivity index is 2.72. The van der Waals surface area contributed by atoms with Crippen molar-refractivity contribution >= 4 is 29.1 Å². The molecule has 1 aromatic carbocycles. The van der Waals surface area contributed by atoms with Crippen LogP contribution in [-0.2, 0) is 11.3 Å². The van der Waals surface area contributed by atoms with Gasteiger partial charge in [0.05, 0.1) is 6.04 Å². The van der Waals surface area contributed by atoms with Crippen molar-refractivity contribution in [2.45, 2.75) is 19.0 Å². The number of nitrogens with two attached hydrogens (primary N) is 1. The number of halogens is 2. The number of likely N-dealkylation sites (N-methyl/N-ethyl adjacent to an activating group) is 1. The van der Waals surface area contributed by atoms with Gasteiger partial charge in [0, 0.05) is 23.6 Å². The van der Waals surface area contributed by atoms with Crippen molar-refractivity contribution in [3.05, 3.63) is 46.5 Å². The van der Waals surface area contributed by atoms with E-state index < -0.39 is 6.04 Å². The van der Waals surface area contributed by atoms with E-state index in [2.05, 4.69) is 6.58 Å². The lowest BCUT2D eigenvalue weighted by molar-refractivity contribution is -0.131. The molecule has 0 spiro atoms. The minimum absolute atomic E-state index is 0.138. The van der Waals surface area contributed by atoms with Crippen molar-refractivity contribution in [2.24, 2.45) is 5.73 Å². The molecule has 0 saturated heterocycles. The summed E-state index contributed by atoms with van der Waals surface area (Å²) in [5.74, 6) is -0.138. The van der Waals surface area contributed by atoms with Crippen LogP contribution in [0.25, 0.3) is 0 Å². The molecule has 1 amide bonds. The second-order valence-corrected chi connectivity index (χ2v) is 4.90. The highest BCUT2D eigenvalue weighted by Crippen LogP contribution is 2.22. The number of hydrogen-bond acceptors (Lipinski definition) is 2. The first kappa shape index (κ1) is 15.0.